The van der Waals surface area contributed by atoms with Gasteiger partial charge in [0.15, 0.2) is 0 Å². The smallest absolute Gasteiger partial charge is 0.352 e. The van der Waals surface area contributed by atoms with Gasteiger partial charge in [0.25, 0.3) is 5.69 Å². The average molecular weight is 322 g/mol. The number of H-pyrrole nitrogens is 1. The highest BCUT2D eigenvalue weighted by atomic mass is 16.6. The van der Waals surface area contributed by atoms with Crippen LogP contribution >= 0.6 is 0 Å². The van der Waals surface area contributed by atoms with Crippen LogP contribution in [-0.2, 0) is 0 Å². The highest BCUT2D eigenvalue weighted by molar-refractivity contribution is 6.03. The maximum atomic E-state index is 11.1. The number of nitro groups is 1. The second-order valence-electron chi connectivity index (χ2n) is 4.98. The van der Waals surface area contributed by atoms with E-state index in [0.717, 1.165) is 0 Å². The zero-order valence-corrected chi connectivity index (χ0v) is 12.1. The standard InChI is InChI=1S/C16H10N4O4/c17-8-9-1-3-10(4-2-9)18-12-5-6-14(20(23)24)15-11(12)7-13(19-15)16(21)22/h1-7,18-19H,(H,21,22). The SMILES string of the molecule is N#Cc1ccc(Nc2ccc([N+](=O)[O-])c3[nH]c(C(=O)O)cc23)cc1. The molecule has 118 valence electrons. The van der Waals surface area contributed by atoms with Crippen molar-refractivity contribution < 1.29 is 14.8 Å². The van der Waals surface area contributed by atoms with Crippen LogP contribution in [0.4, 0.5) is 17.1 Å². The van der Waals surface area contributed by atoms with Gasteiger partial charge in [0.1, 0.15) is 11.2 Å². The van der Waals surface area contributed by atoms with E-state index in [1.165, 1.54) is 18.2 Å². The van der Waals surface area contributed by atoms with Gasteiger partial charge in [-0.15, -0.1) is 0 Å². The molecule has 0 aliphatic carbocycles. The summed E-state index contributed by atoms with van der Waals surface area (Å²) in [6.45, 7) is 0. The van der Waals surface area contributed by atoms with Gasteiger partial charge in [0.2, 0.25) is 0 Å². The van der Waals surface area contributed by atoms with E-state index in [2.05, 4.69) is 10.3 Å². The van der Waals surface area contributed by atoms with E-state index in [1.54, 1.807) is 24.3 Å². The molecule has 3 aromatic rings. The molecule has 0 saturated heterocycles. The Morgan fingerprint density at radius 1 is 1.25 bits per heavy atom. The number of carboxylic acids is 1. The Kier molecular flexibility index (Phi) is 3.60. The second kappa shape index (κ2) is 5.73. The van der Waals surface area contributed by atoms with Gasteiger partial charge in [-0.05, 0) is 36.4 Å². The van der Waals surface area contributed by atoms with Crippen molar-refractivity contribution >= 4 is 33.9 Å². The minimum Gasteiger partial charge on any atom is -0.477 e. The zero-order valence-electron chi connectivity index (χ0n) is 12.1. The molecule has 0 saturated carbocycles. The number of aromatic carboxylic acids is 1. The molecule has 0 aliphatic heterocycles. The summed E-state index contributed by atoms with van der Waals surface area (Å²) >= 11 is 0. The van der Waals surface area contributed by atoms with E-state index in [4.69, 9.17) is 10.4 Å². The number of benzene rings is 2. The second-order valence-corrected chi connectivity index (χ2v) is 4.98. The Labute approximate surface area is 135 Å². The van der Waals surface area contributed by atoms with Crippen LogP contribution in [-0.4, -0.2) is 21.0 Å². The molecule has 1 aromatic heterocycles. The van der Waals surface area contributed by atoms with Gasteiger partial charge in [-0.25, -0.2) is 4.79 Å². The van der Waals surface area contributed by atoms with Crippen molar-refractivity contribution in [2.75, 3.05) is 5.32 Å². The van der Waals surface area contributed by atoms with Crippen LogP contribution < -0.4 is 5.32 Å². The fourth-order valence-corrected chi connectivity index (χ4v) is 2.36. The molecular formula is C16H10N4O4. The maximum absolute atomic E-state index is 11.1. The molecule has 0 atom stereocenters. The summed E-state index contributed by atoms with van der Waals surface area (Å²) in [4.78, 5) is 24.3. The van der Waals surface area contributed by atoms with Crippen molar-refractivity contribution in [1.29, 1.82) is 5.26 Å². The number of carbonyl (C=O) groups is 1. The van der Waals surface area contributed by atoms with Crippen LogP contribution in [0.3, 0.4) is 0 Å². The first-order chi connectivity index (χ1) is 11.5. The lowest BCUT2D eigenvalue weighted by molar-refractivity contribution is -0.383. The molecule has 0 fully saturated rings. The Morgan fingerprint density at radius 2 is 1.96 bits per heavy atom. The number of nitrogens with one attached hydrogen (secondary N) is 2. The number of aromatic amines is 1. The minimum atomic E-state index is -1.20. The van der Waals surface area contributed by atoms with Crippen molar-refractivity contribution in [3.63, 3.8) is 0 Å². The summed E-state index contributed by atoms with van der Waals surface area (Å²) < 4.78 is 0. The van der Waals surface area contributed by atoms with Crippen LogP contribution in [0.25, 0.3) is 10.9 Å². The Balaban J connectivity index is 2.10. The number of aromatic nitrogens is 1. The first-order valence-corrected chi connectivity index (χ1v) is 6.80. The van der Waals surface area contributed by atoms with Crippen LogP contribution in [0.15, 0.2) is 42.5 Å². The van der Waals surface area contributed by atoms with E-state index < -0.39 is 10.9 Å². The van der Waals surface area contributed by atoms with Gasteiger partial charge in [0.05, 0.1) is 16.6 Å². The molecule has 0 amide bonds. The van der Waals surface area contributed by atoms with Crippen LogP contribution in [0.5, 0.6) is 0 Å². The maximum Gasteiger partial charge on any atom is 0.352 e. The summed E-state index contributed by atoms with van der Waals surface area (Å²) in [5.74, 6) is -1.20. The summed E-state index contributed by atoms with van der Waals surface area (Å²) in [6, 6.07) is 12.8. The summed E-state index contributed by atoms with van der Waals surface area (Å²) in [5, 5.41) is 32.5. The Morgan fingerprint density at radius 3 is 2.54 bits per heavy atom. The van der Waals surface area contributed by atoms with Gasteiger partial charge in [-0.2, -0.15) is 5.26 Å². The number of carboxylic acid groups (broad SMARTS) is 1. The predicted molar refractivity (Wildman–Crippen MR) is 86.4 cm³/mol. The largest absolute Gasteiger partial charge is 0.477 e. The number of non-ortho nitro benzene ring substituents is 1. The van der Waals surface area contributed by atoms with Crippen molar-refractivity contribution in [2.24, 2.45) is 0 Å². The third-order valence-electron chi connectivity index (χ3n) is 3.49. The molecule has 0 unspecified atom stereocenters. The van der Waals surface area contributed by atoms with Crippen LogP contribution in [0.1, 0.15) is 16.1 Å². The summed E-state index contributed by atoms with van der Waals surface area (Å²) in [6.07, 6.45) is 0. The van der Waals surface area contributed by atoms with Crippen molar-refractivity contribution in [2.45, 2.75) is 0 Å². The number of rotatable bonds is 4. The number of nitrogens with zero attached hydrogens (tertiary/aromatic N) is 2. The number of hydrogen-bond acceptors (Lipinski definition) is 5. The molecule has 24 heavy (non-hydrogen) atoms. The lowest BCUT2D eigenvalue weighted by Gasteiger charge is -2.08. The zero-order chi connectivity index (χ0) is 17.3. The monoisotopic (exact) mass is 322 g/mol. The lowest BCUT2D eigenvalue weighted by Crippen LogP contribution is -1.95. The van der Waals surface area contributed by atoms with Crippen molar-refractivity contribution in [1.82, 2.24) is 4.98 Å². The number of nitriles is 1. The predicted octanol–water partition coefficient (Wildman–Crippen LogP) is 3.39. The van der Waals surface area contributed by atoms with Crippen LogP contribution in [0.2, 0.25) is 0 Å². The van der Waals surface area contributed by atoms with E-state index >= 15 is 0 Å². The quantitative estimate of drug-likeness (QED) is 0.498. The Bertz CT molecular complexity index is 999. The van der Waals surface area contributed by atoms with E-state index in [0.29, 0.717) is 22.3 Å². The van der Waals surface area contributed by atoms with Crippen molar-refractivity contribution in [3.05, 3.63) is 63.8 Å². The molecule has 8 nitrogen and oxygen atoms in total. The fraction of sp³-hybridized carbons (Fsp3) is 0. The third kappa shape index (κ3) is 2.62. The van der Waals surface area contributed by atoms with Crippen LogP contribution in [0, 0.1) is 21.4 Å². The lowest BCUT2D eigenvalue weighted by atomic mass is 10.1. The minimum absolute atomic E-state index is 0.135. The normalized spacial score (nSPS) is 10.3. The fourth-order valence-electron chi connectivity index (χ4n) is 2.36. The van der Waals surface area contributed by atoms with E-state index in [1.807, 2.05) is 6.07 Å². The number of anilines is 2. The summed E-state index contributed by atoms with van der Waals surface area (Å²) in [7, 11) is 0. The third-order valence-corrected chi connectivity index (χ3v) is 3.49. The number of hydrogen-bond donors (Lipinski definition) is 3. The first kappa shape index (κ1) is 15.1. The molecule has 3 rings (SSSR count). The number of fused-ring (bicyclic) bond motifs is 1. The van der Waals surface area contributed by atoms with Crippen molar-refractivity contribution in [3.8, 4) is 6.07 Å². The van der Waals surface area contributed by atoms with Gasteiger partial charge < -0.3 is 15.4 Å². The number of nitro benzene ring substituents is 1. The van der Waals surface area contributed by atoms with Gasteiger partial charge >= 0.3 is 5.97 Å². The molecule has 8 heteroatoms. The van der Waals surface area contributed by atoms with Gasteiger partial charge in [-0.1, -0.05) is 0 Å². The molecule has 3 N–H and O–H groups in total. The molecule has 0 radical (unpaired) electrons. The first-order valence-electron chi connectivity index (χ1n) is 6.80. The van der Waals surface area contributed by atoms with E-state index in [-0.39, 0.29) is 16.9 Å². The topological polar surface area (TPSA) is 132 Å². The van der Waals surface area contributed by atoms with E-state index in [9.17, 15) is 14.9 Å². The highest BCUT2D eigenvalue weighted by Crippen LogP contribution is 2.33. The molecule has 0 spiro atoms. The average Bonchev–Trinajstić information content (AvgIpc) is 3.01. The highest BCUT2D eigenvalue weighted by Gasteiger charge is 2.19. The molecule has 1 heterocycles. The molecule has 0 bridgehead atoms. The Hall–Kier alpha value is -3.86. The molecule has 0 aliphatic rings. The summed E-state index contributed by atoms with van der Waals surface area (Å²) in [5.41, 5.74) is 1.48. The molecule has 2 aromatic carbocycles. The van der Waals surface area contributed by atoms with Gasteiger partial charge in [0, 0.05) is 22.8 Å². The molecular weight excluding hydrogens is 312 g/mol. The van der Waals surface area contributed by atoms with Gasteiger partial charge in [-0.3, -0.25) is 10.1 Å².